The molecule has 0 aliphatic carbocycles. The van der Waals surface area contributed by atoms with Gasteiger partial charge in [-0.1, -0.05) is 26.1 Å². The summed E-state index contributed by atoms with van der Waals surface area (Å²) >= 11 is 4.71. The maximum atomic E-state index is 10.5. The summed E-state index contributed by atoms with van der Waals surface area (Å²) in [6.07, 6.45) is 1.46. The van der Waals surface area contributed by atoms with Crippen LogP contribution < -0.4 is 5.73 Å². The van der Waals surface area contributed by atoms with Crippen molar-refractivity contribution in [3.8, 4) is 0 Å². The van der Waals surface area contributed by atoms with E-state index in [2.05, 4.69) is 13.8 Å². The Morgan fingerprint density at radius 1 is 1.67 bits per heavy atom. The Kier molecular flexibility index (Phi) is 5.62. The van der Waals surface area contributed by atoms with Crippen molar-refractivity contribution in [2.24, 2.45) is 11.7 Å². The summed E-state index contributed by atoms with van der Waals surface area (Å²) in [6, 6.07) is 0. The average Bonchev–Trinajstić information content (AvgIpc) is 1.97. The molecule has 12 heavy (non-hydrogen) atoms. The van der Waals surface area contributed by atoms with Crippen molar-refractivity contribution in [2.75, 3.05) is 13.1 Å². The SMILES string of the molecule is CC(C)CN(C=O)CCC(N)=S. The van der Waals surface area contributed by atoms with Gasteiger partial charge in [-0.15, -0.1) is 0 Å². The van der Waals surface area contributed by atoms with Crippen LogP contribution in [0.1, 0.15) is 20.3 Å². The largest absolute Gasteiger partial charge is 0.393 e. The third-order valence-electron chi connectivity index (χ3n) is 1.39. The second kappa shape index (κ2) is 5.94. The maximum absolute atomic E-state index is 10.5. The van der Waals surface area contributed by atoms with Crippen molar-refractivity contribution < 1.29 is 4.79 Å². The lowest BCUT2D eigenvalue weighted by Crippen LogP contribution is -2.29. The van der Waals surface area contributed by atoms with Crippen LogP contribution in [0.15, 0.2) is 0 Å². The molecule has 4 heteroatoms. The number of hydrogen-bond donors (Lipinski definition) is 1. The molecule has 0 unspecified atom stereocenters. The molecule has 0 rings (SSSR count). The number of thiocarbonyl (C=S) groups is 1. The predicted molar refractivity (Wildman–Crippen MR) is 53.9 cm³/mol. The van der Waals surface area contributed by atoms with Crippen molar-refractivity contribution in [1.29, 1.82) is 0 Å². The quantitative estimate of drug-likeness (QED) is 0.495. The van der Waals surface area contributed by atoms with Crippen LogP contribution in [0.5, 0.6) is 0 Å². The van der Waals surface area contributed by atoms with Gasteiger partial charge in [0.05, 0.1) is 4.99 Å². The van der Waals surface area contributed by atoms with Crippen molar-refractivity contribution in [3.05, 3.63) is 0 Å². The third-order valence-corrected chi connectivity index (χ3v) is 1.60. The molecule has 0 saturated heterocycles. The molecule has 3 nitrogen and oxygen atoms in total. The molecule has 1 amide bonds. The van der Waals surface area contributed by atoms with Gasteiger partial charge in [-0.05, 0) is 5.92 Å². The van der Waals surface area contributed by atoms with Crippen LogP contribution in [0.4, 0.5) is 0 Å². The first-order chi connectivity index (χ1) is 5.56. The van der Waals surface area contributed by atoms with Crippen LogP contribution >= 0.6 is 12.2 Å². The smallest absolute Gasteiger partial charge is 0.209 e. The number of carbonyl (C=O) groups excluding carboxylic acids is 1. The molecule has 70 valence electrons. The molecule has 2 N–H and O–H groups in total. The highest BCUT2D eigenvalue weighted by Gasteiger charge is 2.03. The average molecular weight is 188 g/mol. The Morgan fingerprint density at radius 3 is 2.58 bits per heavy atom. The molecule has 0 aromatic heterocycles. The van der Waals surface area contributed by atoms with Crippen molar-refractivity contribution >= 4 is 23.6 Å². The molecule has 0 aliphatic rings. The molecule has 0 aromatic carbocycles. The van der Waals surface area contributed by atoms with Crippen molar-refractivity contribution in [2.45, 2.75) is 20.3 Å². The zero-order valence-electron chi connectivity index (χ0n) is 7.62. The predicted octanol–water partition coefficient (Wildman–Crippen LogP) is 0.777. The maximum Gasteiger partial charge on any atom is 0.209 e. The van der Waals surface area contributed by atoms with Crippen molar-refractivity contribution in [1.82, 2.24) is 4.90 Å². The standard InChI is InChI=1S/C8H16N2OS/c1-7(2)5-10(6-11)4-3-8(9)12/h6-7H,3-5H2,1-2H3,(H2,9,12). The molecule has 0 aromatic rings. The number of hydrogen-bond acceptors (Lipinski definition) is 2. The van der Waals surface area contributed by atoms with Gasteiger partial charge in [0.25, 0.3) is 0 Å². The van der Waals surface area contributed by atoms with E-state index in [4.69, 9.17) is 18.0 Å². The second-order valence-electron chi connectivity index (χ2n) is 3.21. The third kappa shape index (κ3) is 6.09. The van der Waals surface area contributed by atoms with Crippen LogP contribution in [-0.4, -0.2) is 29.4 Å². The molecule has 0 aliphatic heterocycles. The highest BCUT2D eigenvalue weighted by molar-refractivity contribution is 7.80. The molecule has 0 spiro atoms. The molecule has 0 saturated carbocycles. The number of amides is 1. The summed E-state index contributed by atoms with van der Waals surface area (Å²) in [5.74, 6) is 0.488. The Bertz CT molecular complexity index is 159. The van der Waals surface area contributed by atoms with Gasteiger partial charge < -0.3 is 10.6 Å². The first-order valence-electron chi connectivity index (χ1n) is 4.04. The topological polar surface area (TPSA) is 46.3 Å². The van der Waals surface area contributed by atoms with E-state index in [9.17, 15) is 4.79 Å². The van der Waals surface area contributed by atoms with E-state index >= 15 is 0 Å². The van der Waals surface area contributed by atoms with E-state index in [0.29, 0.717) is 23.9 Å². The van der Waals surface area contributed by atoms with Gasteiger partial charge in [0.15, 0.2) is 0 Å². The molecule has 0 atom stereocenters. The second-order valence-corrected chi connectivity index (χ2v) is 3.73. The molecular weight excluding hydrogens is 172 g/mol. The minimum atomic E-state index is 0.464. The first kappa shape index (κ1) is 11.4. The van der Waals surface area contributed by atoms with Gasteiger partial charge in [0, 0.05) is 19.5 Å². The molecule has 0 bridgehead atoms. The number of carbonyl (C=O) groups is 1. The molecule has 0 radical (unpaired) electrons. The lowest BCUT2D eigenvalue weighted by atomic mass is 10.2. The number of nitrogens with two attached hydrogens (primary N) is 1. The summed E-state index contributed by atoms with van der Waals surface area (Å²) in [7, 11) is 0. The van der Waals surface area contributed by atoms with E-state index in [1.807, 2.05) is 0 Å². The molecular formula is C8H16N2OS. The summed E-state index contributed by atoms with van der Waals surface area (Å²) in [6.45, 7) is 5.54. The fourth-order valence-electron chi connectivity index (χ4n) is 0.910. The van der Waals surface area contributed by atoms with Gasteiger partial charge >= 0.3 is 0 Å². The van der Waals surface area contributed by atoms with E-state index in [1.54, 1.807) is 4.90 Å². The van der Waals surface area contributed by atoms with Gasteiger partial charge in [-0.25, -0.2) is 0 Å². The zero-order chi connectivity index (χ0) is 9.56. The van der Waals surface area contributed by atoms with Gasteiger partial charge in [0.2, 0.25) is 6.41 Å². The van der Waals surface area contributed by atoms with Gasteiger partial charge in [-0.3, -0.25) is 4.79 Å². The van der Waals surface area contributed by atoms with Crippen LogP contribution in [-0.2, 0) is 4.79 Å². The van der Waals surface area contributed by atoms with E-state index in [-0.39, 0.29) is 0 Å². The highest BCUT2D eigenvalue weighted by atomic mass is 32.1. The van der Waals surface area contributed by atoms with E-state index in [0.717, 1.165) is 13.0 Å². The van der Waals surface area contributed by atoms with E-state index < -0.39 is 0 Å². The lowest BCUT2D eigenvalue weighted by molar-refractivity contribution is -0.118. The van der Waals surface area contributed by atoms with Crippen LogP contribution in [0.25, 0.3) is 0 Å². The van der Waals surface area contributed by atoms with Gasteiger partial charge in [0.1, 0.15) is 0 Å². The Labute approximate surface area is 78.9 Å². The molecule has 0 heterocycles. The first-order valence-corrected chi connectivity index (χ1v) is 4.44. The Morgan fingerprint density at radius 2 is 2.25 bits per heavy atom. The number of nitrogens with zero attached hydrogens (tertiary/aromatic N) is 1. The van der Waals surface area contributed by atoms with Crippen molar-refractivity contribution in [3.63, 3.8) is 0 Å². The zero-order valence-corrected chi connectivity index (χ0v) is 8.43. The highest BCUT2D eigenvalue weighted by Crippen LogP contribution is 1.96. The monoisotopic (exact) mass is 188 g/mol. The van der Waals surface area contributed by atoms with E-state index in [1.165, 1.54) is 0 Å². The minimum absolute atomic E-state index is 0.464. The summed E-state index contributed by atoms with van der Waals surface area (Å²) in [4.78, 5) is 12.7. The Balaban J connectivity index is 3.67. The minimum Gasteiger partial charge on any atom is -0.393 e. The van der Waals surface area contributed by atoms with Crippen LogP contribution in [0, 0.1) is 5.92 Å². The van der Waals surface area contributed by atoms with Gasteiger partial charge in [-0.2, -0.15) is 0 Å². The summed E-state index contributed by atoms with van der Waals surface area (Å²) in [5.41, 5.74) is 5.32. The molecule has 0 fully saturated rings. The fourth-order valence-corrected chi connectivity index (χ4v) is 1.00. The number of rotatable bonds is 6. The lowest BCUT2D eigenvalue weighted by Gasteiger charge is -2.18. The summed E-state index contributed by atoms with van der Waals surface area (Å²) in [5, 5.41) is 0. The summed E-state index contributed by atoms with van der Waals surface area (Å²) < 4.78 is 0. The van der Waals surface area contributed by atoms with Crippen LogP contribution in [0.2, 0.25) is 0 Å². The Hall–Kier alpha value is -0.640. The fraction of sp³-hybridized carbons (Fsp3) is 0.750. The normalized spacial score (nSPS) is 9.92. The van der Waals surface area contributed by atoms with Crippen LogP contribution in [0.3, 0.4) is 0 Å².